The Bertz CT molecular complexity index is 1110. The number of likely N-dealkylation sites (N-methyl/N-ethyl adjacent to an activating group) is 1. The van der Waals surface area contributed by atoms with E-state index in [0.29, 0.717) is 27.5 Å². The van der Waals surface area contributed by atoms with Crippen molar-refractivity contribution in [2.45, 2.75) is 6.54 Å². The number of aromatic nitrogens is 1. The molecule has 0 bridgehead atoms. The van der Waals surface area contributed by atoms with Crippen molar-refractivity contribution >= 4 is 34.8 Å². The van der Waals surface area contributed by atoms with Gasteiger partial charge in [0.1, 0.15) is 0 Å². The fourth-order valence-electron chi connectivity index (χ4n) is 3.57. The molecule has 2 heterocycles. The normalized spacial score (nSPS) is 14.6. The van der Waals surface area contributed by atoms with Crippen molar-refractivity contribution < 1.29 is 9.59 Å². The summed E-state index contributed by atoms with van der Waals surface area (Å²) in [5.41, 5.74) is 2.86. The molecular weight excluding hydrogens is 438 g/mol. The van der Waals surface area contributed by atoms with Crippen LogP contribution in [0.25, 0.3) is 0 Å². The average Bonchev–Trinajstić information content (AvgIpc) is 2.83. The maximum absolute atomic E-state index is 12.7. The Kier molecular flexibility index (Phi) is 7.34. The average molecular weight is 464 g/mol. The fraction of sp³-hybridized carbons (Fsp3) is 0.240. The minimum absolute atomic E-state index is 0.277. The van der Waals surface area contributed by atoms with E-state index in [1.807, 2.05) is 12.1 Å². The molecule has 8 heteroatoms. The zero-order chi connectivity index (χ0) is 23.2. The van der Waals surface area contributed by atoms with E-state index < -0.39 is 0 Å². The third kappa shape index (κ3) is 6.16. The van der Waals surface area contributed by atoms with E-state index >= 15 is 0 Å². The predicted molar refractivity (Wildman–Crippen MR) is 131 cm³/mol. The molecule has 1 aromatic heterocycles. The zero-order valence-corrected chi connectivity index (χ0v) is 19.2. The number of hydrogen-bond donors (Lipinski definition) is 2. The van der Waals surface area contributed by atoms with Gasteiger partial charge >= 0.3 is 0 Å². The van der Waals surface area contributed by atoms with Gasteiger partial charge in [-0.25, -0.2) is 0 Å². The molecule has 0 atom stereocenters. The molecule has 0 saturated carbocycles. The number of nitrogens with zero attached hydrogens (tertiary/aromatic N) is 3. The minimum Gasteiger partial charge on any atom is -0.322 e. The van der Waals surface area contributed by atoms with E-state index in [-0.39, 0.29) is 11.8 Å². The first kappa shape index (κ1) is 22.9. The van der Waals surface area contributed by atoms with Crippen LogP contribution in [0.1, 0.15) is 26.4 Å². The van der Waals surface area contributed by atoms with Gasteiger partial charge in [0.15, 0.2) is 0 Å². The Hall–Kier alpha value is -3.26. The van der Waals surface area contributed by atoms with Crippen molar-refractivity contribution in [3.8, 4) is 0 Å². The second-order valence-corrected chi connectivity index (χ2v) is 8.49. The van der Waals surface area contributed by atoms with Crippen molar-refractivity contribution in [2.75, 3.05) is 43.9 Å². The van der Waals surface area contributed by atoms with Crippen LogP contribution < -0.4 is 10.6 Å². The van der Waals surface area contributed by atoms with E-state index in [9.17, 15) is 9.59 Å². The third-order valence-electron chi connectivity index (χ3n) is 5.58. The van der Waals surface area contributed by atoms with Gasteiger partial charge in [0.25, 0.3) is 11.8 Å². The maximum Gasteiger partial charge on any atom is 0.257 e. The maximum atomic E-state index is 12.7. The van der Waals surface area contributed by atoms with Gasteiger partial charge < -0.3 is 15.5 Å². The molecule has 1 aliphatic rings. The Morgan fingerprint density at radius 1 is 0.909 bits per heavy atom. The molecule has 1 aliphatic heterocycles. The highest BCUT2D eigenvalue weighted by Gasteiger charge is 2.15. The number of amides is 2. The van der Waals surface area contributed by atoms with Gasteiger partial charge in [-0.2, -0.15) is 0 Å². The molecule has 2 amide bonds. The zero-order valence-electron chi connectivity index (χ0n) is 18.4. The van der Waals surface area contributed by atoms with Crippen LogP contribution in [-0.4, -0.2) is 59.8 Å². The Morgan fingerprint density at radius 2 is 1.64 bits per heavy atom. The summed E-state index contributed by atoms with van der Waals surface area (Å²) < 4.78 is 0. The molecule has 0 radical (unpaired) electrons. The number of nitrogens with one attached hydrogen (secondary N) is 2. The first-order chi connectivity index (χ1) is 16.0. The van der Waals surface area contributed by atoms with Crippen LogP contribution in [0, 0.1) is 0 Å². The van der Waals surface area contributed by atoms with Gasteiger partial charge in [0.2, 0.25) is 0 Å². The highest BCUT2D eigenvalue weighted by Crippen LogP contribution is 2.26. The number of carbonyl (C=O) groups is 2. The summed E-state index contributed by atoms with van der Waals surface area (Å²) in [4.78, 5) is 34.3. The summed E-state index contributed by atoms with van der Waals surface area (Å²) in [5, 5.41) is 6.01. The van der Waals surface area contributed by atoms with Gasteiger partial charge in [0.05, 0.1) is 22.0 Å². The number of halogens is 1. The van der Waals surface area contributed by atoms with Crippen LogP contribution in [0.5, 0.6) is 0 Å². The van der Waals surface area contributed by atoms with Crippen molar-refractivity contribution in [2.24, 2.45) is 0 Å². The fourth-order valence-corrected chi connectivity index (χ4v) is 3.74. The smallest absolute Gasteiger partial charge is 0.257 e. The number of anilines is 2. The molecule has 33 heavy (non-hydrogen) atoms. The summed E-state index contributed by atoms with van der Waals surface area (Å²) in [6, 6.07) is 17.5. The largest absolute Gasteiger partial charge is 0.322 e. The number of benzene rings is 2. The van der Waals surface area contributed by atoms with E-state index in [1.165, 1.54) is 0 Å². The number of carbonyl (C=O) groups excluding carboxylic acids is 2. The molecule has 7 nitrogen and oxygen atoms in total. The quantitative estimate of drug-likeness (QED) is 0.578. The molecule has 1 fully saturated rings. The lowest BCUT2D eigenvalue weighted by Crippen LogP contribution is -2.44. The first-order valence-electron chi connectivity index (χ1n) is 10.8. The second kappa shape index (κ2) is 10.6. The van der Waals surface area contributed by atoms with E-state index in [2.05, 4.69) is 32.5 Å². The van der Waals surface area contributed by atoms with E-state index in [0.717, 1.165) is 38.4 Å². The van der Waals surface area contributed by atoms with Crippen LogP contribution in [0.15, 0.2) is 66.9 Å². The van der Waals surface area contributed by atoms with Gasteiger partial charge in [-0.05, 0) is 49.5 Å². The molecule has 4 rings (SSSR count). The lowest BCUT2D eigenvalue weighted by molar-refractivity contribution is 0.101. The van der Waals surface area contributed by atoms with Crippen LogP contribution in [0.3, 0.4) is 0 Å². The van der Waals surface area contributed by atoms with Gasteiger partial charge in [-0.15, -0.1) is 0 Å². The van der Waals surface area contributed by atoms with Crippen LogP contribution in [-0.2, 0) is 6.54 Å². The Labute approximate surface area is 198 Å². The third-order valence-corrected chi connectivity index (χ3v) is 5.91. The molecule has 0 aliphatic carbocycles. The monoisotopic (exact) mass is 463 g/mol. The molecular formula is C25H26ClN5O2. The number of piperazine rings is 1. The lowest BCUT2D eigenvalue weighted by atomic mass is 10.2. The van der Waals surface area contributed by atoms with Gasteiger partial charge in [-0.1, -0.05) is 29.8 Å². The highest BCUT2D eigenvalue weighted by molar-refractivity contribution is 6.34. The van der Waals surface area contributed by atoms with Crippen molar-refractivity contribution in [3.63, 3.8) is 0 Å². The SMILES string of the molecule is CN1CCN(Cc2ccc(C(=O)Nc3ccc(Cl)c(NC(=O)c4ccccc4)c3)cn2)CC1. The van der Waals surface area contributed by atoms with Crippen molar-refractivity contribution in [3.05, 3.63) is 88.7 Å². The second-order valence-electron chi connectivity index (χ2n) is 8.09. The molecule has 170 valence electrons. The summed E-state index contributed by atoms with van der Waals surface area (Å²) in [6.07, 6.45) is 1.59. The summed E-state index contributed by atoms with van der Waals surface area (Å²) in [7, 11) is 2.13. The summed E-state index contributed by atoms with van der Waals surface area (Å²) in [5.74, 6) is -0.558. The van der Waals surface area contributed by atoms with Crippen LogP contribution in [0.2, 0.25) is 5.02 Å². The number of pyridine rings is 1. The number of hydrogen-bond acceptors (Lipinski definition) is 5. The standard InChI is InChI=1S/C25H26ClN5O2/c1-30-11-13-31(14-12-30)17-21-8-7-19(16-27-21)25(33)28-20-9-10-22(26)23(15-20)29-24(32)18-5-3-2-4-6-18/h2-10,15-16H,11-14,17H2,1H3,(H,28,33)(H,29,32). The van der Waals surface area contributed by atoms with Crippen molar-refractivity contribution in [1.29, 1.82) is 0 Å². The lowest BCUT2D eigenvalue weighted by Gasteiger charge is -2.32. The van der Waals surface area contributed by atoms with Gasteiger partial charge in [0, 0.05) is 50.2 Å². The molecule has 1 saturated heterocycles. The summed E-state index contributed by atoms with van der Waals surface area (Å²) in [6.45, 7) is 4.91. The predicted octanol–water partition coefficient (Wildman–Crippen LogP) is 3.99. The van der Waals surface area contributed by atoms with Crippen molar-refractivity contribution in [1.82, 2.24) is 14.8 Å². The van der Waals surface area contributed by atoms with Gasteiger partial charge in [-0.3, -0.25) is 19.5 Å². The topological polar surface area (TPSA) is 77.6 Å². The van der Waals surface area contributed by atoms with Crippen LogP contribution in [0.4, 0.5) is 11.4 Å². The van der Waals surface area contributed by atoms with Crippen LogP contribution >= 0.6 is 11.6 Å². The minimum atomic E-state index is -0.281. The number of rotatable bonds is 6. The molecule has 0 spiro atoms. The summed E-state index contributed by atoms with van der Waals surface area (Å²) >= 11 is 6.24. The Balaban J connectivity index is 1.38. The van der Waals surface area contributed by atoms with E-state index in [1.54, 1.807) is 54.7 Å². The molecule has 0 unspecified atom stereocenters. The first-order valence-corrected chi connectivity index (χ1v) is 11.2. The highest BCUT2D eigenvalue weighted by atomic mass is 35.5. The Morgan fingerprint density at radius 3 is 2.33 bits per heavy atom. The molecule has 2 N–H and O–H groups in total. The molecule has 3 aromatic rings. The van der Waals surface area contributed by atoms with E-state index in [4.69, 9.17) is 11.6 Å². The molecule has 2 aromatic carbocycles.